The molecule has 2 aliphatic rings. The van der Waals surface area contributed by atoms with Gasteiger partial charge in [-0.1, -0.05) is 6.92 Å². The first kappa shape index (κ1) is 9.00. The van der Waals surface area contributed by atoms with Crippen molar-refractivity contribution >= 4 is 5.91 Å². The Morgan fingerprint density at radius 3 is 2.85 bits per heavy atom. The van der Waals surface area contributed by atoms with E-state index >= 15 is 0 Å². The molecule has 3 nitrogen and oxygen atoms in total. The molecule has 13 heavy (non-hydrogen) atoms. The fraction of sp³-hybridized carbons (Fsp3) is 0.900. The van der Waals surface area contributed by atoms with Crippen LogP contribution < -0.4 is 5.32 Å². The number of rotatable bonds is 3. The predicted octanol–water partition coefficient (Wildman–Crippen LogP) is 0.749. The van der Waals surface area contributed by atoms with Crippen LogP contribution in [0.15, 0.2) is 0 Å². The van der Waals surface area contributed by atoms with Crippen molar-refractivity contribution in [2.24, 2.45) is 0 Å². The van der Waals surface area contributed by atoms with Crippen molar-refractivity contribution in [2.75, 3.05) is 13.1 Å². The van der Waals surface area contributed by atoms with Gasteiger partial charge in [0.05, 0.1) is 6.04 Å². The average molecular weight is 182 g/mol. The first-order valence-corrected chi connectivity index (χ1v) is 5.35. The maximum absolute atomic E-state index is 11.7. The van der Waals surface area contributed by atoms with Crippen molar-refractivity contribution < 1.29 is 4.79 Å². The van der Waals surface area contributed by atoms with Crippen LogP contribution in [0, 0.1) is 0 Å². The Balaban J connectivity index is 1.86. The minimum atomic E-state index is 0.172. The molecule has 74 valence electrons. The molecule has 3 heteroatoms. The van der Waals surface area contributed by atoms with Crippen LogP contribution in [-0.2, 0) is 4.79 Å². The summed E-state index contributed by atoms with van der Waals surface area (Å²) in [4.78, 5) is 14.0. The van der Waals surface area contributed by atoms with Crippen LogP contribution >= 0.6 is 0 Å². The molecule has 2 rings (SSSR count). The number of hydrogen-bond donors (Lipinski definition) is 1. The van der Waals surface area contributed by atoms with Gasteiger partial charge in [-0.3, -0.25) is 9.69 Å². The van der Waals surface area contributed by atoms with Gasteiger partial charge in [0.15, 0.2) is 0 Å². The molecule has 0 spiro atoms. The minimum Gasteiger partial charge on any atom is -0.352 e. The van der Waals surface area contributed by atoms with Crippen LogP contribution in [0.3, 0.4) is 0 Å². The first-order valence-electron chi connectivity index (χ1n) is 5.35. The Morgan fingerprint density at radius 2 is 2.23 bits per heavy atom. The molecule has 0 radical (unpaired) electrons. The molecule has 1 saturated carbocycles. The van der Waals surface area contributed by atoms with E-state index in [1.54, 1.807) is 0 Å². The fourth-order valence-electron chi connectivity index (χ4n) is 2.03. The van der Waals surface area contributed by atoms with E-state index in [9.17, 15) is 4.79 Å². The second-order valence-corrected chi connectivity index (χ2v) is 4.07. The summed E-state index contributed by atoms with van der Waals surface area (Å²) in [7, 11) is 0. The molecule has 0 aromatic heterocycles. The molecular formula is C10H18N2O. The number of hydrogen-bond acceptors (Lipinski definition) is 2. The number of nitrogens with zero attached hydrogens (tertiary/aromatic N) is 1. The largest absolute Gasteiger partial charge is 0.352 e. The number of nitrogens with one attached hydrogen (secondary N) is 1. The maximum Gasteiger partial charge on any atom is 0.237 e. The Morgan fingerprint density at radius 1 is 1.46 bits per heavy atom. The predicted molar refractivity (Wildman–Crippen MR) is 51.4 cm³/mol. The number of amides is 1. The number of likely N-dealkylation sites (N-methyl/N-ethyl adjacent to an activating group) is 1. The van der Waals surface area contributed by atoms with Gasteiger partial charge in [-0.2, -0.15) is 0 Å². The molecule has 1 N–H and O–H groups in total. The quantitative estimate of drug-likeness (QED) is 0.698. The van der Waals surface area contributed by atoms with Crippen LogP contribution in [0.25, 0.3) is 0 Å². The molecule has 1 amide bonds. The topological polar surface area (TPSA) is 32.3 Å². The van der Waals surface area contributed by atoms with Gasteiger partial charge in [0, 0.05) is 6.04 Å². The van der Waals surface area contributed by atoms with E-state index in [2.05, 4.69) is 17.1 Å². The molecule has 1 aliphatic carbocycles. The summed E-state index contributed by atoms with van der Waals surface area (Å²) in [5.74, 6) is 0.266. The zero-order chi connectivity index (χ0) is 9.26. The van der Waals surface area contributed by atoms with Crippen molar-refractivity contribution in [1.82, 2.24) is 10.2 Å². The van der Waals surface area contributed by atoms with Gasteiger partial charge in [-0.25, -0.2) is 0 Å². The normalized spacial score (nSPS) is 29.2. The van der Waals surface area contributed by atoms with E-state index in [1.807, 2.05) is 0 Å². The standard InChI is InChI=1S/C10H18N2O/c1-2-12-7-3-4-9(12)10(13)11-8-5-6-8/h8-9H,2-7H2,1H3,(H,11,13). The van der Waals surface area contributed by atoms with Crippen LogP contribution in [0.4, 0.5) is 0 Å². The summed E-state index contributed by atoms with van der Waals surface area (Å²) >= 11 is 0. The van der Waals surface area contributed by atoms with Gasteiger partial charge >= 0.3 is 0 Å². The molecule has 0 bridgehead atoms. The van der Waals surface area contributed by atoms with Crippen LogP contribution in [-0.4, -0.2) is 36.0 Å². The molecule has 2 fully saturated rings. The minimum absolute atomic E-state index is 0.172. The fourth-order valence-corrected chi connectivity index (χ4v) is 2.03. The number of likely N-dealkylation sites (tertiary alicyclic amines) is 1. The number of carbonyl (C=O) groups excluding carboxylic acids is 1. The molecule has 1 saturated heterocycles. The lowest BCUT2D eigenvalue weighted by molar-refractivity contribution is -0.125. The van der Waals surface area contributed by atoms with Crippen LogP contribution in [0.1, 0.15) is 32.6 Å². The molecule has 1 unspecified atom stereocenters. The Labute approximate surface area is 79.5 Å². The zero-order valence-electron chi connectivity index (χ0n) is 8.25. The Bertz CT molecular complexity index is 201. The molecule has 1 heterocycles. The highest BCUT2D eigenvalue weighted by Crippen LogP contribution is 2.21. The van der Waals surface area contributed by atoms with E-state index in [1.165, 1.54) is 19.3 Å². The van der Waals surface area contributed by atoms with E-state index in [0.717, 1.165) is 19.5 Å². The first-order chi connectivity index (χ1) is 6.31. The van der Waals surface area contributed by atoms with Gasteiger partial charge in [0.2, 0.25) is 5.91 Å². The van der Waals surface area contributed by atoms with Gasteiger partial charge in [-0.05, 0) is 38.8 Å². The molecule has 1 aliphatic heterocycles. The summed E-state index contributed by atoms with van der Waals surface area (Å²) in [6.07, 6.45) is 4.60. The summed E-state index contributed by atoms with van der Waals surface area (Å²) in [5.41, 5.74) is 0. The molecule has 0 aromatic carbocycles. The Kier molecular flexibility index (Phi) is 2.54. The van der Waals surface area contributed by atoms with Gasteiger partial charge in [0.25, 0.3) is 0 Å². The van der Waals surface area contributed by atoms with E-state index < -0.39 is 0 Å². The van der Waals surface area contributed by atoms with Crippen molar-refractivity contribution in [3.8, 4) is 0 Å². The summed E-state index contributed by atoms with van der Waals surface area (Å²) in [6.45, 7) is 4.23. The van der Waals surface area contributed by atoms with Crippen LogP contribution in [0.2, 0.25) is 0 Å². The lowest BCUT2D eigenvalue weighted by atomic mass is 10.2. The average Bonchev–Trinajstić information content (AvgIpc) is 2.82. The van der Waals surface area contributed by atoms with E-state index in [0.29, 0.717) is 6.04 Å². The third-order valence-corrected chi connectivity index (χ3v) is 3.00. The highest BCUT2D eigenvalue weighted by molar-refractivity contribution is 5.82. The second kappa shape index (κ2) is 3.66. The van der Waals surface area contributed by atoms with Gasteiger partial charge < -0.3 is 5.32 Å². The molecular weight excluding hydrogens is 164 g/mol. The number of carbonyl (C=O) groups is 1. The highest BCUT2D eigenvalue weighted by atomic mass is 16.2. The van der Waals surface area contributed by atoms with Crippen molar-refractivity contribution in [3.05, 3.63) is 0 Å². The smallest absolute Gasteiger partial charge is 0.237 e. The van der Waals surface area contributed by atoms with Crippen molar-refractivity contribution in [3.63, 3.8) is 0 Å². The summed E-state index contributed by atoms with van der Waals surface area (Å²) in [5, 5.41) is 3.08. The van der Waals surface area contributed by atoms with Crippen molar-refractivity contribution in [1.29, 1.82) is 0 Å². The summed E-state index contributed by atoms with van der Waals surface area (Å²) < 4.78 is 0. The maximum atomic E-state index is 11.7. The zero-order valence-corrected chi connectivity index (χ0v) is 8.25. The van der Waals surface area contributed by atoms with Crippen molar-refractivity contribution in [2.45, 2.75) is 44.7 Å². The second-order valence-electron chi connectivity index (χ2n) is 4.07. The third-order valence-electron chi connectivity index (χ3n) is 3.00. The SMILES string of the molecule is CCN1CCCC1C(=O)NC1CC1. The lowest BCUT2D eigenvalue weighted by Crippen LogP contribution is -2.43. The summed E-state index contributed by atoms with van der Waals surface area (Å²) in [6, 6.07) is 0.678. The molecule has 1 atom stereocenters. The Hall–Kier alpha value is -0.570. The van der Waals surface area contributed by atoms with Gasteiger partial charge in [0.1, 0.15) is 0 Å². The lowest BCUT2D eigenvalue weighted by Gasteiger charge is -2.21. The van der Waals surface area contributed by atoms with Crippen LogP contribution in [0.5, 0.6) is 0 Å². The van der Waals surface area contributed by atoms with E-state index in [4.69, 9.17) is 0 Å². The third kappa shape index (κ3) is 2.02. The van der Waals surface area contributed by atoms with E-state index in [-0.39, 0.29) is 11.9 Å². The monoisotopic (exact) mass is 182 g/mol. The van der Waals surface area contributed by atoms with Gasteiger partial charge in [-0.15, -0.1) is 0 Å². The highest BCUT2D eigenvalue weighted by Gasteiger charge is 2.32. The molecule has 0 aromatic rings.